The minimum Gasteiger partial charge on any atom is -0.508 e. The lowest BCUT2D eigenvalue weighted by Crippen LogP contribution is -2.60. The predicted molar refractivity (Wildman–Crippen MR) is 120 cm³/mol. The molecule has 0 radical (unpaired) electrons. The van der Waals surface area contributed by atoms with Crippen molar-refractivity contribution in [2.45, 2.75) is 30.7 Å². The van der Waals surface area contributed by atoms with Gasteiger partial charge in [-0.3, -0.25) is 4.79 Å². The number of aliphatic hydroxyl groups is 4. The van der Waals surface area contributed by atoms with Crippen molar-refractivity contribution in [3.05, 3.63) is 34.5 Å². The van der Waals surface area contributed by atoms with Crippen LogP contribution in [0.2, 0.25) is 0 Å². The summed E-state index contributed by atoms with van der Waals surface area (Å²) in [5.74, 6) is -2.44. The summed E-state index contributed by atoms with van der Waals surface area (Å²) in [6.07, 6.45) is -8.42. The second-order valence-corrected chi connectivity index (χ2v) is 7.97. The van der Waals surface area contributed by atoms with Gasteiger partial charge in [0.05, 0.1) is 20.8 Å². The molecule has 0 aliphatic carbocycles. The van der Waals surface area contributed by atoms with Gasteiger partial charge in [0.2, 0.25) is 23.2 Å². The Morgan fingerprint density at radius 2 is 1.56 bits per heavy atom. The van der Waals surface area contributed by atoms with Crippen molar-refractivity contribution in [1.82, 2.24) is 0 Å². The van der Waals surface area contributed by atoms with Crippen LogP contribution in [0, 0.1) is 0 Å². The molecule has 13 heteroatoms. The van der Waals surface area contributed by atoms with Gasteiger partial charge >= 0.3 is 0 Å². The molecule has 4 rings (SSSR count). The average Bonchev–Trinajstić information content (AvgIpc) is 2.85. The molecule has 1 aliphatic heterocycles. The lowest BCUT2D eigenvalue weighted by Gasteiger charge is -2.39. The molecule has 1 fully saturated rings. The molecule has 2 heterocycles. The first kappa shape index (κ1) is 25.3. The maximum absolute atomic E-state index is 13.5. The molecule has 1 aromatic heterocycles. The van der Waals surface area contributed by atoms with Gasteiger partial charge in [0.25, 0.3) is 0 Å². The van der Waals surface area contributed by atoms with Gasteiger partial charge in [-0.15, -0.1) is 0 Å². The third-order valence-corrected chi connectivity index (χ3v) is 5.74. The van der Waals surface area contributed by atoms with Gasteiger partial charge in [-0.25, -0.2) is 0 Å². The number of methoxy groups -OCH3 is 2. The van der Waals surface area contributed by atoms with Crippen molar-refractivity contribution >= 4 is 11.0 Å². The van der Waals surface area contributed by atoms with Crippen LogP contribution in [-0.4, -0.2) is 87.3 Å². The van der Waals surface area contributed by atoms with Gasteiger partial charge in [-0.1, -0.05) is 0 Å². The Morgan fingerprint density at radius 3 is 2.14 bits per heavy atom. The molecule has 194 valence electrons. The number of ether oxygens (including phenoxy) is 4. The fourth-order valence-corrected chi connectivity index (χ4v) is 3.87. The van der Waals surface area contributed by atoms with Gasteiger partial charge in [-0.2, -0.15) is 0 Å². The van der Waals surface area contributed by atoms with Gasteiger partial charge in [0, 0.05) is 17.7 Å². The second-order valence-electron chi connectivity index (χ2n) is 7.97. The molecule has 0 unspecified atom stereocenters. The maximum atomic E-state index is 13.5. The number of fused-ring (bicyclic) bond motifs is 1. The Kier molecular flexibility index (Phi) is 6.84. The smallest absolute Gasteiger partial charge is 0.239 e. The van der Waals surface area contributed by atoms with Crippen molar-refractivity contribution in [2.24, 2.45) is 0 Å². The van der Waals surface area contributed by atoms with Crippen molar-refractivity contribution in [2.75, 3.05) is 20.8 Å². The van der Waals surface area contributed by atoms with E-state index in [0.29, 0.717) is 0 Å². The van der Waals surface area contributed by atoms with Crippen LogP contribution in [-0.2, 0) is 4.74 Å². The highest BCUT2D eigenvalue weighted by Gasteiger charge is 2.45. The monoisotopic (exact) mass is 508 g/mol. The van der Waals surface area contributed by atoms with E-state index in [4.69, 9.17) is 23.4 Å². The largest absolute Gasteiger partial charge is 0.508 e. The van der Waals surface area contributed by atoms with Gasteiger partial charge < -0.3 is 59.1 Å². The van der Waals surface area contributed by atoms with Crippen LogP contribution in [0.25, 0.3) is 22.3 Å². The lowest BCUT2D eigenvalue weighted by atomic mass is 9.99. The number of phenols is 3. The zero-order chi connectivity index (χ0) is 26.3. The molecule has 0 saturated carbocycles. The third-order valence-electron chi connectivity index (χ3n) is 5.74. The molecule has 7 N–H and O–H groups in total. The molecule has 5 atom stereocenters. The Hall–Kier alpha value is -3.75. The van der Waals surface area contributed by atoms with E-state index in [-0.39, 0.29) is 39.5 Å². The van der Waals surface area contributed by atoms with Crippen molar-refractivity contribution in [1.29, 1.82) is 0 Å². The SMILES string of the molecule is COc1cc(-c2oc3cc(O)cc(O)c3c(=O)c2O[C@@H]2O[C@@H](CO)[C@H](O)[C@@H](O)[C@@H]2O)cc(OC)c1O. The maximum Gasteiger partial charge on any atom is 0.239 e. The zero-order valence-electron chi connectivity index (χ0n) is 19.0. The summed E-state index contributed by atoms with van der Waals surface area (Å²) >= 11 is 0. The van der Waals surface area contributed by atoms with E-state index in [1.807, 2.05) is 0 Å². The summed E-state index contributed by atoms with van der Waals surface area (Å²) in [5, 5.41) is 70.1. The summed E-state index contributed by atoms with van der Waals surface area (Å²) in [4.78, 5) is 13.5. The Labute approximate surface area is 202 Å². The minimum absolute atomic E-state index is 0.0651. The topological polar surface area (TPSA) is 209 Å². The van der Waals surface area contributed by atoms with Crippen LogP contribution >= 0.6 is 0 Å². The van der Waals surface area contributed by atoms with E-state index < -0.39 is 60.0 Å². The van der Waals surface area contributed by atoms with Gasteiger partial charge in [0.15, 0.2) is 17.3 Å². The van der Waals surface area contributed by atoms with Crippen LogP contribution < -0.4 is 19.6 Å². The predicted octanol–water partition coefficient (Wildman–Crippen LogP) is -0.227. The van der Waals surface area contributed by atoms with Crippen LogP contribution in [0.5, 0.6) is 34.5 Å². The Bertz CT molecular complexity index is 1310. The van der Waals surface area contributed by atoms with E-state index in [1.165, 1.54) is 26.4 Å². The van der Waals surface area contributed by atoms with Crippen LogP contribution in [0.15, 0.2) is 33.5 Å². The molecular formula is C23H24O13. The fourth-order valence-electron chi connectivity index (χ4n) is 3.87. The standard InChI is InChI=1S/C23H24O13/c1-32-12-3-8(4-13(33-2)16(12)27)21-22(18(29)15-10(26)5-9(25)6-11(15)34-21)36-23-20(31)19(30)17(28)14(7-24)35-23/h3-6,14,17,19-20,23-28,30-31H,7H2,1-2H3/t14-,17-,19+,20-,23-/m0/s1. The van der Waals surface area contributed by atoms with E-state index in [2.05, 4.69) is 0 Å². The molecule has 1 aliphatic rings. The summed E-state index contributed by atoms with van der Waals surface area (Å²) in [6.45, 7) is -0.740. The van der Waals surface area contributed by atoms with E-state index in [1.54, 1.807) is 0 Å². The molecule has 0 spiro atoms. The van der Waals surface area contributed by atoms with Crippen molar-refractivity contribution in [3.63, 3.8) is 0 Å². The average molecular weight is 508 g/mol. The number of phenolic OH excluding ortho intramolecular Hbond substituents is 3. The summed E-state index contributed by atoms with van der Waals surface area (Å²) in [6, 6.07) is 4.55. The lowest BCUT2D eigenvalue weighted by molar-refractivity contribution is -0.277. The summed E-state index contributed by atoms with van der Waals surface area (Å²) in [5.41, 5.74) is -1.12. The molecule has 0 amide bonds. The van der Waals surface area contributed by atoms with Crippen molar-refractivity contribution < 1.29 is 59.1 Å². The molecule has 3 aromatic rings. The molecular weight excluding hydrogens is 484 g/mol. The highest BCUT2D eigenvalue weighted by atomic mass is 16.7. The second kappa shape index (κ2) is 9.72. The highest BCUT2D eigenvalue weighted by molar-refractivity contribution is 5.88. The number of rotatable bonds is 6. The van der Waals surface area contributed by atoms with Crippen LogP contribution in [0.1, 0.15) is 0 Å². The van der Waals surface area contributed by atoms with Crippen molar-refractivity contribution in [3.8, 4) is 45.8 Å². The number of benzene rings is 2. The third kappa shape index (κ3) is 4.23. The molecule has 36 heavy (non-hydrogen) atoms. The fraction of sp³-hybridized carbons (Fsp3) is 0.348. The van der Waals surface area contributed by atoms with E-state index >= 15 is 0 Å². The number of aromatic hydroxyl groups is 3. The minimum atomic E-state index is -1.86. The van der Waals surface area contributed by atoms with E-state index in [9.17, 15) is 40.5 Å². The molecule has 1 saturated heterocycles. The summed E-state index contributed by atoms with van der Waals surface area (Å²) in [7, 11) is 2.55. The van der Waals surface area contributed by atoms with Gasteiger partial charge in [0.1, 0.15) is 46.9 Å². The zero-order valence-corrected chi connectivity index (χ0v) is 19.0. The normalized spacial score (nSPS) is 24.0. The summed E-state index contributed by atoms with van der Waals surface area (Å²) < 4.78 is 27.1. The highest BCUT2D eigenvalue weighted by Crippen LogP contribution is 2.43. The number of aliphatic hydroxyl groups excluding tert-OH is 4. The quantitative estimate of drug-likeness (QED) is 0.230. The number of hydrogen-bond acceptors (Lipinski definition) is 13. The molecule has 2 aromatic carbocycles. The first-order valence-corrected chi connectivity index (χ1v) is 10.6. The Morgan fingerprint density at radius 1 is 0.917 bits per heavy atom. The molecule has 13 nitrogen and oxygen atoms in total. The Balaban J connectivity index is 1.96. The first-order chi connectivity index (χ1) is 17.1. The van der Waals surface area contributed by atoms with Gasteiger partial charge in [-0.05, 0) is 12.1 Å². The van der Waals surface area contributed by atoms with Crippen LogP contribution in [0.4, 0.5) is 0 Å². The molecule has 0 bridgehead atoms. The van der Waals surface area contributed by atoms with E-state index in [0.717, 1.165) is 12.1 Å². The van der Waals surface area contributed by atoms with Crippen LogP contribution in [0.3, 0.4) is 0 Å². The first-order valence-electron chi connectivity index (χ1n) is 10.6. The number of hydrogen-bond donors (Lipinski definition) is 7.